The molecule has 0 aliphatic rings. The second-order valence-electron chi connectivity index (χ2n) is 5.75. The normalized spacial score (nSPS) is 10.2. The monoisotopic (exact) mass is 390 g/mol. The number of rotatable bonds is 7. The lowest BCUT2D eigenvalue weighted by molar-refractivity contribution is -0.119. The van der Waals surface area contributed by atoms with Gasteiger partial charge in [0.25, 0.3) is 5.91 Å². The van der Waals surface area contributed by atoms with Crippen molar-refractivity contribution in [1.82, 2.24) is 0 Å². The lowest BCUT2D eigenvalue weighted by Gasteiger charge is -2.09. The van der Waals surface area contributed by atoms with Gasteiger partial charge < -0.3 is 20.1 Å². The highest BCUT2D eigenvalue weighted by molar-refractivity contribution is 7.16. The molecule has 0 fully saturated rings. The molecule has 1 aromatic heterocycles. The molecule has 1 heterocycles. The molecule has 0 aliphatic heterocycles. The van der Waals surface area contributed by atoms with Gasteiger partial charge in [-0.15, -0.1) is 11.3 Å². The van der Waals surface area contributed by atoms with Crippen LogP contribution in [0.25, 0.3) is 0 Å². The van der Waals surface area contributed by atoms with Gasteiger partial charge in [-0.25, -0.2) is 4.79 Å². The average Bonchev–Trinajstić information content (AvgIpc) is 2.88. The van der Waals surface area contributed by atoms with Crippen LogP contribution in [0.4, 0.5) is 10.7 Å². The number of amides is 2. The maximum absolute atomic E-state index is 12.4. The molecular weight excluding hydrogens is 368 g/mol. The van der Waals surface area contributed by atoms with Gasteiger partial charge in [0.05, 0.1) is 12.2 Å². The number of benzene rings is 1. The average molecular weight is 390 g/mol. The largest absolute Gasteiger partial charge is 0.494 e. The molecule has 2 amide bonds. The van der Waals surface area contributed by atoms with E-state index in [-0.39, 0.29) is 11.5 Å². The summed E-state index contributed by atoms with van der Waals surface area (Å²) < 4.78 is 10.5. The summed E-state index contributed by atoms with van der Waals surface area (Å²) in [6.45, 7) is 7.00. The van der Waals surface area contributed by atoms with Crippen molar-refractivity contribution in [2.24, 2.45) is 0 Å². The zero-order chi connectivity index (χ0) is 20.0. The predicted molar refractivity (Wildman–Crippen MR) is 105 cm³/mol. The van der Waals surface area contributed by atoms with E-state index in [1.807, 2.05) is 13.8 Å². The number of hydrogen-bond acceptors (Lipinski definition) is 6. The fourth-order valence-corrected chi connectivity index (χ4v) is 3.42. The first kappa shape index (κ1) is 20.4. The van der Waals surface area contributed by atoms with Gasteiger partial charge >= 0.3 is 5.97 Å². The lowest BCUT2D eigenvalue weighted by atomic mass is 10.1. The second-order valence-corrected chi connectivity index (χ2v) is 6.98. The van der Waals surface area contributed by atoms with E-state index in [2.05, 4.69) is 10.6 Å². The summed E-state index contributed by atoms with van der Waals surface area (Å²) in [5.41, 5.74) is 1.57. The minimum absolute atomic E-state index is 0.279. The first-order valence-electron chi connectivity index (χ1n) is 8.39. The van der Waals surface area contributed by atoms with Crippen molar-refractivity contribution in [3.63, 3.8) is 0 Å². The SMILES string of the molecule is CCOc1ccc(NC(=O)COC(=O)c2c(NC(C)=O)sc(C)c2C)cc1. The summed E-state index contributed by atoms with van der Waals surface area (Å²) in [6, 6.07) is 6.88. The number of ether oxygens (including phenoxy) is 2. The van der Waals surface area contributed by atoms with Crippen LogP contribution in [0, 0.1) is 13.8 Å². The molecule has 0 radical (unpaired) electrons. The van der Waals surface area contributed by atoms with E-state index in [0.29, 0.717) is 23.0 Å². The van der Waals surface area contributed by atoms with Gasteiger partial charge in [0.1, 0.15) is 10.8 Å². The summed E-state index contributed by atoms with van der Waals surface area (Å²) in [6.07, 6.45) is 0. The summed E-state index contributed by atoms with van der Waals surface area (Å²) in [5, 5.41) is 5.70. The Bertz CT molecular complexity index is 843. The third-order valence-corrected chi connectivity index (χ3v) is 4.79. The van der Waals surface area contributed by atoms with E-state index in [9.17, 15) is 14.4 Å². The Morgan fingerprint density at radius 3 is 2.33 bits per heavy atom. The Kier molecular flexibility index (Phi) is 6.95. The molecule has 0 saturated heterocycles. The van der Waals surface area contributed by atoms with Gasteiger partial charge in [0.2, 0.25) is 5.91 Å². The minimum Gasteiger partial charge on any atom is -0.494 e. The van der Waals surface area contributed by atoms with Crippen molar-refractivity contribution in [2.75, 3.05) is 23.8 Å². The van der Waals surface area contributed by atoms with E-state index in [0.717, 1.165) is 10.4 Å². The Balaban J connectivity index is 1.97. The molecule has 0 saturated carbocycles. The van der Waals surface area contributed by atoms with E-state index in [1.54, 1.807) is 31.2 Å². The van der Waals surface area contributed by atoms with Crippen molar-refractivity contribution < 1.29 is 23.9 Å². The maximum Gasteiger partial charge on any atom is 0.341 e. The van der Waals surface area contributed by atoms with Gasteiger partial charge in [-0.1, -0.05) is 0 Å². The third kappa shape index (κ3) is 5.55. The van der Waals surface area contributed by atoms with E-state index >= 15 is 0 Å². The summed E-state index contributed by atoms with van der Waals surface area (Å²) in [5.74, 6) is -0.685. The molecule has 0 unspecified atom stereocenters. The number of carbonyl (C=O) groups excluding carboxylic acids is 3. The number of hydrogen-bond donors (Lipinski definition) is 2. The molecule has 1 aromatic carbocycles. The van der Waals surface area contributed by atoms with Crippen molar-refractivity contribution >= 4 is 39.8 Å². The van der Waals surface area contributed by atoms with Crippen LogP contribution in [0.2, 0.25) is 0 Å². The van der Waals surface area contributed by atoms with E-state index in [4.69, 9.17) is 9.47 Å². The minimum atomic E-state index is -0.651. The molecule has 144 valence electrons. The zero-order valence-corrected chi connectivity index (χ0v) is 16.5. The molecule has 7 nitrogen and oxygen atoms in total. The highest BCUT2D eigenvalue weighted by atomic mass is 32.1. The lowest BCUT2D eigenvalue weighted by Crippen LogP contribution is -2.21. The summed E-state index contributed by atoms with van der Waals surface area (Å²) in [7, 11) is 0. The van der Waals surface area contributed by atoms with Crippen LogP contribution in [0.1, 0.15) is 34.6 Å². The van der Waals surface area contributed by atoms with Crippen LogP contribution < -0.4 is 15.4 Å². The number of anilines is 2. The van der Waals surface area contributed by atoms with Gasteiger partial charge in [0.15, 0.2) is 6.61 Å². The Labute approximate surface area is 161 Å². The van der Waals surface area contributed by atoms with Crippen LogP contribution in [0.3, 0.4) is 0 Å². The predicted octanol–water partition coefficient (Wildman–Crippen LogP) is 3.52. The molecular formula is C19H22N2O5S. The zero-order valence-electron chi connectivity index (χ0n) is 15.7. The number of aryl methyl sites for hydroxylation is 1. The van der Waals surface area contributed by atoms with Gasteiger partial charge in [-0.3, -0.25) is 9.59 Å². The Hall–Kier alpha value is -2.87. The Morgan fingerprint density at radius 1 is 1.07 bits per heavy atom. The molecule has 27 heavy (non-hydrogen) atoms. The highest BCUT2D eigenvalue weighted by Gasteiger charge is 2.22. The maximum atomic E-state index is 12.4. The first-order valence-corrected chi connectivity index (χ1v) is 9.20. The second kappa shape index (κ2) is 9.18. The standard InChI is InChI=1S/C19H22N2O5S/c1-5-25-15-8-6-14(7-9-15)21-16(23)10-26-19(24)17-11(2)12(3)27-18(17)20-13(4)22/h6-9H,5,10H2,1-4H3,(H,20,22)(H,21,23). The molecule has 0 atom stereocenters. The molecule has 0 aliphatic carbocycles. The van der Waals surface area contributed by atoms with Crippen molar-refractivity contribution in [1.29, 1.82) is 0 Å². The summed E-state index contributed by atoms with van der Waals surface area (Å²) in [4.78, 5) is 36.6. The van der Waals surface area contributed by atoms with Crippen molar-refractivity contribution in [3.8, 4) is 5.75 Å². The van der Waals surface area contributed by atoms with Crippen LogP contribution >= 0.6 is 11.3 Å². The van der Waals surface area contributed by atoms with Crippen molar-refractivity contribution in [3.05, 3.63) is 40.3 Å². The molecule has 0 bridgehead atoms. The molecule has 2 aromatic rings. The van der Waals surface area contributed by atoms with Crippen molar-refractivity contribution in [2.45, 2.75) is 27.7 Å². The van der Waals surface area contributed by atoms with E-state index < -0.39 is 18.5 Å². The topological polar surface area (TPSA) is 93.7 Å². The first-order chi connectivity index (χ1) is 12.8. The molecule has 2 N–H and O–H groups in total. The fraction of sp³-hybridized carbons (Fsp3) is 0.316. The highest BCUT2D eigenvalue weighted by Crippen LogP contribution is 2.33. The number of carbonyl (C=O) groups is 3. The van der Waals surface area contributed by atoms with Crippen LogP contribution in [0.15, 0.2) is 24.3 Å². The third-order valence-electron chi connectivity index (χ3n) is 3.66. The molecule has 8 heteroatoms. The fourth-order valence-electron chi connectivity index (χ4n) is 2.32. The number of nitrogens with one attached hydrogen (secondary N) is 2. The number of esters is 1. The Morgan fingerprint density at radius 2 is 1.74 bits per heavy atom. The smallest absolute Gasteiger partial charge is 0.341 e. The summed E-state index contributed by atoms with van der Waals surface area (Å²) >= 11 is 1.29. The van der Waals surface area contributed by atoms with Gasteiger partial charge in [-0.05, 0) is 50.6 Å². The van der Waals surface area contributed by atoms with Crippen LogP contribution in [0.5, 0.6) is 5.75 Å². The van der Waals surface area contributed by atoms with Crippen LogP contribution in [-0.4, -0.2) is 31.0 Å². The molecule has 2 rings (SSSR count). The van der Waals surface area contributed by atoms with E-state index in [1.165, 1.54) is 18.3 Å². The van der Waals surface area contributed by atoms with Gasteiger partial charge in [-0.2, -0.15) is 0 Å². The van der Waals surface area contributed by atoms with Gasteiger partial charge in [0, 0.05) is 17.5 Å². The number of thiophene rings is 1. The molecule has 0 spiro atoms. The van der Waals surface area contributed by atoms with Crippen LogP contribution in [-0.2, 0) is 14.3 Å². The quantitative estimate of drug-likeness (QED) is 0.706.